The highest BCUT2D eigenvalue weighted by Crippen LogP contribution is 2.34. The minimum absolute atomic E-state index is 0.0660. The normalized spacial score (nSPS) is 11.3. The zero-order valence-corrected chi connectivity index (χ0v) is 29.7. The molecule has 0 bridgehead atoms. The fraction of sp³-hybridized carbons (Fsp3) is 0. The molecule has 1 amide bonds. The van der Waals surface area contributed by atoms with Crippen molar-refractivity contribution in [1.29, 1.82) is 0 Å². The molecule has 3 nitrogen and oxygen atoms in total. The molecule has 258 valence electrons. The van der Waals surface area contributed by atoms with Gasteiger partial charge in [0.1, 0.15) is 0 Å². The van der Waals surface area contributed by atoms with E-state index in [2.05, 4.69) is 151 Å². The lowest BCUT2D eigenvalue weighted by Gasteiger charge is -2.25. The van der Waals surface area contributed by atoms with Crippen molar-refractivity contribution in [2.45, 2.75) is 0 Å². The van der Waals surface area contributed by atoms with Crippen molar-refractivity contribution in [3.63, 3.8) is 0 Å². The van der Waals surface area contributed by atoms with Crippen LogP contribution in [0.1, 0.15) is 32.6 Å². The maximum atomic E-state index is 13.6. The number of rotatable bonds is 10. The first-order valence-corrected chi connectivity index (χ1v) is 18.1. The highest BCUT2D eigenvalue weighted by molar-refractivity contribution is 6.11. The number of amides is 1. The third-order valence-corrected chi connectivity index (χ3v) is 9.39. The van der Waals surface area contributed by atoms with E-state index in [1.165, 1.54) is 10.8 Å². The van der Waals surface area contributed by atoms with E-state index in [0.29, 0.717) is 5.56 Å². The fourth-order valence-electron chi connectivity index (χ4n) is 6.62. The Morgan fingerprint density at radius 2 is 0.667 bits per heavy atom. The first kappa shape index (κ1) is 33.9. The second kappa shape index (κ2) is 16.0. The second-order valence-corrected chi connectivity index (χ2v) is 13.1. The SMILES string of the molecule is O=C(c1ccccc1)N(c1ccccc1)c1ccc(/C=C/c2ccc3cc(/C=C/c4ccc(N(c5ccccc5)c5ccccc5)cc4)ccc3c2)cc1. The van der Waals surface area contributed by atoms with E-state index in [1.54, 1.807) is 4.90 Å². The molecule has 54 heavy (non-hydrogen) atoms. The molecule has 0 fully saturated rings. The molecule has 0 radical (unpaired) electrons. The summed E-state index contributed by atoms with van der Waals surface area (Å²) in [6.45, 7) is 0. The molecule has 0 aromatic heterocycles. The number of benzene rings is 8. The van der Waals surface area contributed by atoms with Crippen molar-refractivity contribution in [2.24, 2.45) is 0 Å². The van der Waals surface area contributed by atoms with Crippen LogP contribution in [0.2, 0.25) is 0 Å². The van der Waals surface area contributed by atoms with Crippen molar-refractivity contribution < 1.29 is 4.79 Å². The molecule has 8 rings (SSSR count). The molecule has 0 saturated carbocycles. The summed E-state index contributed by atoms with van der Waals surface area (Å²) >= 11 is 0. The van der Waals surface area contributed by atoms with E-state index in [4.69, 9.17) is 0 Å². The van der Waals surface area contributed by atoms with Crippen LogP contribution in [0.3, 0.4) is 0 Å². The van der Waals surface area contributed by atoms with Crippen LogP contribution in [0.4, 0.5) is 28.4 Å². The van der Waals surface area contributed by atoms with E-state index >= 15 is 0 Å². The van der Waals surface area contributed by atoms with Crippen molar-refractivity contribution in [3.8, 4) is 0 Å². The van der Waals surface area contributed by atoms with Crippen molar-refractivity contribution in [2.75, 3.05) is 9.80 Å². The first-order valence-electron chi connectivity index (χ1n) is 18.1. The molecule has 0 heterocycles. The van der Waals surface area contributed by atoms with Gasteiger partial charge in [0.25, 0.3) is 5.91 Å². The van der Waals surface area contributed by atoms with E-state index in [9.17, 15) is 4.79 Å². The van der Waals surface area contributed by atoms with Gasteiger partial charge in [0.2, 0.25) is 0 Å². The molecule has 3 heteroatoms. The summed E-state index contributed by atoms with van der Waals surface area (Å²) in [6.07, 6.45) is 8.58. The second-order valence-electron chi connectivity index (χ2n) is 13.1. The summed E-state index contributed by atoms with van der Waals surface area (Å²) in [5, 5.41) is 2.38. The van der Waals surface area contributed by atoms with Gasteiger partial charge in [0.05, 0.1) is 0 Å². The maximum Gasteiger partial charge on any atom is 0.262 e. The van der Waals surface area contributed by atoms with Crippen LogP contribution in [-0.2, 0) is 0 Å². The predicted molar refractivity (Wildman–Crippen MR) is 229 cm³/mol. The van der Waals surface area contributed by atoms with Crippen LogP contribution in [0.15, 0.2) is 206 Å². The topological polar surface area (TPSA) is 23.6 Å². The zero-order valence-electron chi connectivity index (χ0n) is 29.7. The van der Waals surface area contributed by atoms with Crippen LogP contribution >= 0.6 is 0 Å². The minimum Gasteiger partial charge on any atom is -0.311 e. The maximum absolute atomic E-state index is 13.6. The summed E-state index contributed by atoms with van der Waals surface area (Å²) in [7, 11) is 0. The number of carbonyl (C=O) groups excluding carboxylic acids is 1. The monoisotopic (exact) mass is 694 g/mol. The van der Waals surface area contributed by atoms with E-state index in [0.717, 1.165) is 50.7 Å². The molecule has 0 saturated heterocycles. The Balaban J connectivity index is 0.952. The number of fused-ring (bicyclic) bond motifs is 1. The highest BCUT2D eigenvalue weighted by atomic mass is 16.2. The molecule has 8 aromatic rings. The van der Waals surface area contributed by atoms with Crippen LogP contribution in [0.5, 0.6) is 0 Å². The quantitative estimate of drug-likeness (QED) is 0.133. The summed E-state index contributed by atoms with van der Waals surface area (Å²) < 4.78 is 0. The van der Waals surface area contributed by atoms with Gasteiger partial charge in [-0.2, -0.15) is 0 Å². The van der Waals surface area contributed by atoms with Crippen LogP contribution < -0.4 is 9.80 Å². The summed E-state index contributed by atoms with van der Waals surface area (Å²) in [6, 6.07) is 70.0. The molecule has 0 N–H and O–H groups in total. The highest BCUT2D eigenvalue weighted by Gasteiger charge is 2.19. The zero-order chi connectivity index (χ0) is 36.5. The Morgan fingerprint density at radius 1 is 0.333 bits per heavy atom. The molecule has 0 spiro atoms. The van der Waals surface area contributed by atoms with Crippen LogP contribution in [-0.4, -0.2) is 5.91 Å². The van der Waals surface area contributed by atoms with Gasteiger partial charge in [-0.3, -0.25) is 9.69 Å². The Labute approximate surface area is 317 Å². The van der Waals surface area contributed by atoms with Gasteiger partial charge < -0.3 is 4.90 Å². The third kappa shape index (κ3) is 7.81. The van der Waals surface area contributed by atoms with Crippen molar-refractivity contribution >= 4 is 69.4 Å². The molecular formula is C51H38N2O. The van der Waals surface area contributed by atoms with Gasteiger partial charge in [-0.05, 0) is 118 Å². The van der Waals surface area contributed by atoms with Gasteiger partial charge in [0.15, 0.2) is 0 Å². The lowest BCUT2D eigenvalue weighted by atomic mass is 10.0. The molecule has 0 aliphatic carbocycles. The van der Waals surface area contributed by atoms with Crippen LogP contribution in [0.25, 0.3) is 35.1 Å². The van der Waals surface area contributed by atoms with Gasteiger partial charge in [-0.1, -0.05) is 146 Å². The first-order chi connectivity index (χ1) is 26.7. The Kier molecular flexibility index (Phi) is 10.0. The number of nitrogens with zero attached hydrogens (tertiary/aromatic N) is 2. The molecule has 8 aromatic carbocycles. The van der Waals surface area contributed by atoms with Gasteiger partial charge in [0, 0.05) is 34.0 Å². The average molecular weight is 695 g/mol. The molecule has 0 aliphatic heterocycles. The number of para-hydroxylation sites is 3. The average Bonchev–Trinajstić information content (AvgIpc) is 3.24. The summed E-state index contributed by atoms with van der Waals surface area (Å²) in [4.78, 5) is 17.6. The molecule has 0 aliphatic rings. The number of hydrogen-bond acceptors (Lipinski definition) is 2. The Bertz CT molecular complexity index is 2490. The number of hydrogen-bond donors (Lipinski definition) is 0. The summed E-state index contributed by atoms with van der Waals surface area (Å²) in [5.41, 5.74) is 10.1. The lowest BCUT2D eigenvalue weighted by molar-refractivity contribution is 0.0999. The number of anilines is 5. The number of carbonyl (C=O) groups is 1. The van der Waals surface area contributed by atoms with Crippen molar-refractivity contribution in [3.05, 3.63) is 234 Å². The fourth-order valence-corrected chi connectivity index (χ4v) is 6.62. The standard InChI is InChI=1S/C51H38N2O/c54-51(43-13-5-1-6-14-43)53(48-19-11-4-12-20-48)50-35-29-40(30-36-50)22-24-42-26-32-44-37-41(25-31-45(44)38-42)23-21-39-27-33-49(34-28-39)52(46-15-7-2-8-16-46)47-17-9-3-10-18-47/h1-38H/b23-21+,24-22+. The Hall–Kier alpha value is -7.23. The predicted octanol–water partition coefficient (Wildman–Crippen LogP) is 13.6. The minimum atomic E-state index is -0.0660. The molecular weight excluding hydrogens is 657 g/mol. The smallest absolute Gasteiger partial charge is 0.262 e. The molecule has 0 unspecified atom stereocenters. The van der Waals surface area contributed by atoms with Crippen LogP contribution in [0, 0.1) is 0 Å². The largest absolute Gasteiger partial charge is 0.311 e. The van der Waals surface area contributed by atoms with Gasteiger partial charge in [-0.25, -0.2) is 0 Å². The molecule has 0 atom stereocenters. The Morgan fingerprint density at radius 3 is 1.13 bits per heavy atom. The van der Waals surface area contributed by atoms with Gasteiger partial charge in [-0.15, -0.1) is 0 Å². The van der Waals surface area contributed by atoms with E-state index in [-0.39, 0.29) is 5.91 Å². The summed E-state index contributed by atoms with van der Waals surface area (Å²) in [5.74, 6) is -0.0660. The third-order valence-electron chi connectivity index (χ3n) is 9.39. The van der Waals surface area contributed by atoms with Crippen molar-refractivity contribution in [1.82, 2.24) is 0 Å². The van der Waals surface area contributed by atoms with Gasteiger partial charge >= 0.3 is 0 Å². The lowest BCUT2D eigenvalue weighted by Crippen LogP contribution is -2.25. The van der Waals surface area contributed by atoms with E-state index in [1.807, 2.05) is 84.9 Å². The van der Waals surface area contributed by atoms with E-state index < -0.39 is 0 Å².